The highest BCUT2D eigenvalue weighted by Crippen LogP contribution is 2.24. The van der Waals surface area contributed by atoms with Crippen molar-refractivity contribution < 1.29 is 4.79 Å². The normalized spacial score (nSPS) is 17.0. The van der Waals surface area contributed by atoms with Crippen LogP contribution < -0.4 is 5.32 Å². The summed E-state index contributed by atoms with van der Waals surface area (Å²) in [6.45, 7) is 1.68. The number of piperidine rings is 1. The van der Waals surface area contributed by atoms with Gasteiger partial charge in [-0.25, -0.2) is 0 Å². The van der Waals surface area contributed by atoms with E-state index in [4.69, 9.17) is 0 Å². The number of carbonyl (C=O) groups is 1. The number of rotatable bonds is 5. The van der Waals surface area contributed by atoms with E-state index in [1.807, 2.05) is 25.2 Å². The fourth-order valence-corrected chi connectivity index (χ4v) is 3.51. The summed E-state index contributed by atoms with van der Waals surface area (Å²) in [5, 5.41) is 7.31. The summed E-state index contributed by atoms with van der Waals surface area (Å²) in [6.07, 6.45) is 6.93. The van der Waals surface area contributed by atoms with Crippen molar-refractivity contribution >= 4 is 5.91 Å². The van der Waals surface area contributed by atoms with Gasteiger partial charge in [0, 0.05) is 31.9 Å². The summed E-state index contributed by atoms with van der Waals surface area (Å²) in [5.41, 5.74) is 2.32. The van der Waals surface area contributed by atoms with E-state index in [1.165, 1.54) is 5.56 Å². The van der Waals surface area contributed by atoms with Gasteiger partial charge in [0.2, 0.25) is 5.91 Å². The Morgan fingerprint density at radius 2 is 2.00 bits per heavy atom. The third kappa shape index (κ3) is 3.85. The van der Waals surface area contributed by atoms with Crippen LogP contribution in [0.25, 0.3) is 0 Å². The molecule has 5 heteroatoms. The molecule has 1 fully saturated rings. The second-order valence-corrected chi connectivity index (χ2v) is 6.63. The maximum absolute atomic E-state index is 12.8. The van der Waals surface area contributed by atoms with E-state index in [0.29, 0.717) is 5.92 Å². The summed E-state index contributed by atoms with van der Waals surface area (Å²) >= 11 is 0. The quantitative estimate of drug-likeness (QED) is 0.916. The van der Waals surface area contributed by atoms with Crippen LogP contribution in [0.2, 0.25) is 0 Å². The van der Waals surface area contributed by atoms with Crippen LogP contribution >= 0.6 is 0 Å². The first-order valence-electron chi connectivity index (χ1n) is 8.66. The van der Waals surface area contributed by atoms with Gasteiger partial charge in [-0.1, -0.05) is 30.3 Å². The van der Waals surface area contributed by atoms with Crippen LogP contribution in [0.5, 0.6) is 0 Å². The van der Waals surface area contributed by atoms with Crippen LogP contribution in [-0.2, 0) is 18.3 Å². The standard InChI is InChI=1S/C19H26N4O/c1-20-18(17-13-21-22(2)14-17)19(24)23-10-8-16(9-11-23)12-15-6-4-3-5-7-15/h3-7,13-14,16,18,20H,8-12H2,1-2H3. The molecule has 128 valence electrons. The molecule has 1 saturated heterocycles. The molecule has 0 spiro atoms. The third-order valence-corrected chi connectivity index (χ3v) is 4.89. The van der Waals surface area contributed by atoms with Crippen LogP contribution in [0.3, 0.4) is 0 Å². The molecule has 2 aromatic rings. The smallest absolute Gasteiger partial charge is 0.244 e. The summed E-state index contributed by atoms with van der Waals surface area (Å²) < 4.78 is 1.74. The van der Waals surface area contributed by atoms with Crippen molar-refractivity contribution in [3.05, 3.63) is 53.9 Å². The first-order valence-corrected chi connectivity index (χ1v) is 8.66. The number of carbonyl (C=O) groups excluding carboxylic acids is 1. The van der Waals surface area contributed by atoms with Crippen LogP contribution in [-0.4, -0.2) is 40.7 Å². The first-order chi connectivity index (χ1) is 11.7. The molecular weight excluding hydrogens is 300 g/mol. The van der Waals surface area contributed by atoms with Crippen molar-refractivity contribution in [2.24, 2.45) is 13.0 Å². The summed E-state index contributed by atoms with van der Waals surface area (Å²) in [6, 6.07) is 10.3. The minimum Gasteiger partial charge on any atom is -0.341 e. The molecule has 1 amide bonds. The van der Waals surface area contributed by atoms with Crippen LogP contribution in [0.1, 0.15) is 30.0 Å². The zero-order valence-electron chi connectivity index (χ0n) is 14.5. The predicted octanol–water partition coefficient (Wildman–Crippen LogP) is 2.16. The maximum Gasteiger partial charge on any atom is 0.244 e. The summed E-state index contributed by atoms with van der Waals surface area (Å²) in [4.78, 5) is 14.8. The average Bonchev–Trinajstić information content (AvgIpc) is 3.03. The van der Waals surface area contributed by atoms with Crippen molar-refractivity contribution in [1.82, 2.24) is 20.0 Å². The molecule has 1 unspecified atom stereocenters. The monoisotopic (exact) mass is 326 g/mol. The molecule has 1 N–H and O–H groups in total. The van der Waals surface area contributed by atoms with Crippen molar-refractivity contribution in [2.75, 3.05) is 20.1 Å². The van der Waals surface area contributed by atoms with Crippen molar-refractivity contribution in [2.45, 2.75) is 25.3 Å². The molecule has 1 aromatic carbocycles. The topological polar surface area (TPSA) is 50.2 Å². The van der Waals surface area contributed by atoms with Crippen molar-refractivity contribution in [3.8, 4) is 0 Å². The van der Waals surface area contributed by atoms with E-state index in [9.17, 15) is 4.79 Å². The number of likely N-dealkylation sites (tertiary alicyclic amines) is 1. The number of nitrogens with zero attached hydrogens (tertiary/aromatic N) is 3. The number of likely N-dealkylation sites (N-methyl/N-ethyl adjacent to an activating group) is 1. The number of hydrogen-bond acceptors (Lipinski definition) is 3. The Balaban J connectivity index is 1.56. The molecule has 3 rings (SSSR count). The number of benzene rings is 1. The van der Waals surface area contributed by atoms with E-state index in [2.05, 4.69) is 40.7 Å². The number of nitrogens with one attached hydrogen (secondary N) is 1. The minimum absolute atomic E-state index is 0.156. The second kappa shape index (κ2) is 7.62. The highest BCUT2D eigenvalue weighted by molar-refractivity contribution is 5.83. The van der Waals surface area contributed by atoms with Crippen molar-refractivity contribution in [3.63, 3.8) is 0 Å². The number of amides is 1. The molecule has 24 heavy (non-hydrogen) atoms. The lowest BCUT2D eigenvalue weighted by atomic mass is 9.90. The van der Waals surface area contributed by atoms with E-state index < -0.39 is 0 Å². The molecule has 2 heterocycles. The molecule has 0 aliphatic carbocycles. The molecule has 0 bridgehead atoms. The fourth-order valence-electron chi connectivity index (χ4n) is 3.51. The second-order valence-electron chi connectivity index (χ2n) is 6.63. The SMILES string of the molecule is CNC(C(=O)N1CCC(Cc2ccccc2)CC1)c1cnn(C)c1. The van der Waals surface area contributed by atoms with Crippen LogP contribution in [0, 0.1) is 5.92 Å². The third-order valence-electron chi connectivity index (χ3n) is 4.89. The Morgan fingerprint density at radius 3 is 2.58 bits per heavy atom. The highest BCUT2D eigenvalue weighted by atomic mass is 16.2. The van der Waals surface area contributed by atoms with Gasteiger partial charge < -0.3 is 10.2 Å². The van der Waals surface area contributed by atoms with Gasteiger partial charge in [0.1, 0.15) is 6.04 Å². The van der Waals surface area contributed by atoms with Gasteiger partial charge >= 0.3 is 0 Å². The Hall–Kier alpha value is -2.14. The minimum atomic E-state index is -0.302. The van der Waals surface area contributed by atoms with Gasteiger partial charge in [0.05, 0.1) is 6.20 Å². The summed E-state index contributed by atoms with van der Waals surface area (Å²) in [7, 11) is 3.70. The Bertz CT molecular complexity index is 659. The lowest BCUT2D eigenvalue weighted by molar-refractivity contribution is -0.134. The number of aryl methyl sites for hydroxylation is 1. The maximum atomic E-state index is 12.8. The van der Waals surface area contributed by atoms with Gasteiger partial charge in [-0.2, -0.15) is 5.10 Å². The molecule has 1 aliphatic heterocycles. The van der Waals surface area contributed by atoms with Crippen LogP contribution in [0.15, 0.2) is 42.7 Å². The molecule has 0 saturated carbocycles. The van der Waals surface area contributed by atoms with Gasteiger partial charge in [-0.3, -0.25) is 9.48 Å². The first kappa shape index (κ1) is 16.7. The van der Waals surface area contributed by atoms with Gasteiger partial charge in [-0.15, -0.1) is 0 Å². The van der Waals surface area contributed by atoms with Gasteiger partial charge in [0.15, 0.2) is 0 Å². The molecule has 1 atom stereocenters. The largest absolute Gasteiger partial charge is 0.341 e. The molecule has 1 aliphatic rings. The Morgan fingerprint density at radius 1 is 1.29 bits per heavy atom. The molecular formula is C19H26N4O. The van der Waals surface area contributed by atoms with Gasteiger partial charge in [-0.05, 0) is 37.8 Å². The number of hydrogen-bond donors (Lipinski definition) is 1. The predicted molar refractivity (Wildman–Crippen MR) is 94.5 cm³/mol. The summed E-state index contributed by atoms with van der Waals surface area (Å²) in [5.74, 6) is 0.825. The zero-order chi connectivity index (χ0) is 16.9. The zero-order valence-corrected chi connectivity index (χ0v) is 14.5. The molecule has 1 aromatic heterocycles. The average molecular weight is 326 g/mol. The van der Waals surface area contributed by atoms with E-state index in [0.717, 1.165) is 37.9 Å². The van der Waals surface area contributed by atoms with Gasteiger partial charge in [0.25, 0.3) is 0 Å². The Labute approximate surface area is 143 Å². The van der Waals surface area contributed by atoms with E-state index in [1.54, 1.807) is 10.9 Å². The number of aromatic nitrogens is 2. The molecule has 0 radical (unpaired) electrons. The lowest BCUT2D eigenvalue weighted by Crippen LogP contribution is -2.44. The molecule has 5 nitrogen and oxygen atoms in total. The fraction of sp³-hybridized carbons (Fsp3) is 0.474. The lowest BCUT2D eigenvalue weighted by Gasteiger charge is -2.34. The van der Waals surface area contributed by atoms with Crippen molar-refractivity contribution in [1.29, 1.82) is 0 Å². The highest BCUT2D eigenvalue weighted by Gasteiger charge is 2.29. The van der Waals surface area contributed by atoms with Crippen LogP contribution in [0.4, 0.5) is 0 Å². The van der Waals surface area contributed by atoms with E-state index in [-0.39, 0.29) is 11.9 Å². The van der Waals surface area contributed by atoms with E-state index >= 15 is 0 Å². The Kier molecular flexibility index (Phi) is 5.30.